The summed E-state index contributed by atoms with van der Waals surface area (Å²) in [5.41, 5.74) is 8.56. The second-order valence-corrected chi connectivity index (χ2v) is 8.75. The molecule has 6 heteroatoms. The van der Waals surface area contributed by atoms with Crippen LogP contribution in [0.5, 0.6) is 0 Å². The number of rotatable bonds is 5. The SMILES string of the molecule is C[C@@H]1CCc2sc(NC(=O)c3ccc(C(=O)c4ccccc4)cc3)c(C(N)=O)c2C1. The normalized spacial score (nSPS) is 15.3. The summed E-state index contributed by atoms with van der Waals surface area (Å²) in [7, 11) is 0. The van der Waals surface area contributed by atoms with Gasteiger partial charge in [0, 0.05) is 21.6 Å². The molecule has 0 saturated carbocycles. The van der Waals surface area contributed by atoms with Gasteiger partial charge in [0.1, 0.15) is 5.00 Å². The minimum Gasteiger partial charge on any atom is -0.365 e. The zero-order valence-corrected chi connectivity index (χ0v) is 17.4. The summed E-state index contributed by atoms with van der Waals surface area (Å²) in [6.45, 7) is 2.15. The molecular weight excluding hydrogens is 396 g/mol. The van der Waals surface area contributed by atoms with Crippen LogP contribution in [0.3, 0.4) is 0 Å². The fourth-order valence-corrected chi connectivity index (χ4v) is 5.06. The van der Waals surface area contributed by atoms with Crippen LogP contribution in [0.15, 0.2) is 54.6 Å². The Morgan fingerprint density at radius 3 is 2.27 bits per heavy atom. The third-order valence-electron chi connectivity index (χ3n) is 5.43. The van der Waals surface area contributed by atoms with Gasteiger partial charge in [-0.15, -0.1) is 11.3 Å². The van der Waals surface area contributed by atoms with Gasteiger partial charge in [-0.05, 0) is 42.9 Å². The van der Waals surface area contributed by atoms with Gasteiger partial charge in [-0.1, -0.05) is 49.4 Å². The highest BCUT2D eigenvalue weighted by atomic mass is 32.1. The fourth-order valence-electron chi connectivity index (χ4n) is 3.81. The third-order valence-corrected chi connectivity index (χ3v) is 6.63. The lowest BCUT2D eigenvalue weighted by Gasteiger charge is -2.18. The van der Waals surface area contributed by atoms with E-state index in [1.54, 1.807) is 36.4 Å². The molecule has 0 saturated heterocycles. The molecule has 0 bridgehead atoms. The van der Waals surface area contributed by atoms with Crippen molar-refractivity contribution < 1.29 is 14.4 Å². The number of ketones is 1. The van der Waals surface area contributed by atoms with E-state index in [1.165, 1.54) is 11.3 Å². The number of hydrogen-bond donors (Lipinski definition) is 2. The minimum atomic E-state index is -0.513. The van der Waals surface area contributed by atoms with Crippen molar-refractivity contribution in [2.75, 3.05) is 5.32 Å². The van der Waals surface area contributed by atoms with Crippen LogP contribution in [0, 0.1) is 5.92 Å². The van der Waals surface area contributed by atoms with E-state index in [9.17, 15) is 14.4 Å². The summed E-state index contributed by atoms with van der Waals surface area (Å²) in [6.07, 6.45) is 2.76. The summed E-state index contributed by atoms with van der Waals surface area (Å²) < 4.78 is 0. The summed E-state index contributed by atoms with van der Waals surface area (Å²) >= 11 is 1.43. The van der Waals surface area contributed by atoms with E-state index in [4.69, 9.17) is 5.73 Å². The van der Waals surface area contributed by atoms with Crippen molar-refractivity contribution in [2.24, 2.45) is 11.7 Å². The van der Waals surface area contributed by atoms with Crippen LogP contribution >= 0.6 is 11.3 Å². The molecule has 0 unspecified atom stereocenters. The molecule has 1 aliphatic rings. The van der Waals surface area contributed by atoms with Gasteiger partial charge in [0.05, 0.1) is 5.56 Å². The number of carbonyl (C=O) groups is 3. The smallest absolute Gasteiger partial charge is 0.256 e. The molecule has 3 N–H and O–H groups in total. The van der Waals surface area contributed by atoms with E-state index in [-0.39, 0.29) is 11.7 Å². The van der Waals surface area contributed by atoms with Crippen LogP contribution < -0.4 is 11.1 Å². The van der Waals surface area contributed by atoms with Crippen LogP contribution in [0.2, 0.25) is 0 Å². The predicted molar refractivity (Wildman–Crippen MR) is 118 cm³/mol. The molecule has 4 rings (SSSR count). The van der Waals surface area contributed by atoms with Gasteiger partial charge >= 0.3 is 0 Å². The Hall–Kier alpha value is -3.25. The third kappa shape index (κ3) is 3.91. The average molecular weight is 419 g/mol. The number of primary amides is 1. The molecule has 1 atom stereocenters. The van der Waals surface area contributed by atoms with E-state index in [1.807, 2.05) is 18.2 Å². The highest BCUT2D eigenvalue weighted by Gasteiger charge is 2.27. The maximum Gasteiger partial charge on any atom is 0.256 e. The van der Waals surface area contributed by atoms with Crippen LogP contribution in [-0.2, 0) is 12.8 Å². The first kappa shape index (κ1) is 20.0. The van der Waals surface area contributed by atoms with Gasteiger partial charge in [-0.25, -0.2) is 0 Å². The van der Waals surface area contributed by atoms with Crippen molar-refractivity contribution in [1.29, 1.82) is 0 Å². The molecule has 0 fully saturated rings. The summed E-state index contributed by atoms with van der Waals surface area (Å²) in [6, 6.07) is 15.5. The van der Waals surface area contributed by atoms with Crippen molar-refractivity contribution in [1.82, 2.24) is 0 Å². The molecular formula is C24H22N2O3S. The van der Waals surface area contributed by atoms with Crippen LogP contribution in [0.1, 0.15) is 60.4 Å². The van der Waals surface area contributed by atoms with Gasteiger partial charge in [0.15, 0.2) is 5.78 Å². The highest BCUT2D eigenvalue weighted by Crippen LogP contribution is 2.39. The van der Waals surface area contributed by atoms with Crippen molar-refractivity contribution in [3.63, 3.8) is 0 Å². The Morgan fingerprint density at radius 1 is 0.967 bits per heavy atom. The number of nitrogens with one attached hydrogen (secondary N) is 1. The van der Waals surface area contributed by atoms with Gasteiger partial charge < -0.3 is 11.1 Å². The molecule has 3 aromatic rings. The second-order valence-electron chi connectivity index (χ2n) is 7.65. The highest BCUT2D eigenvalue weighted by molar-refractivity contribution is 7.17. The zero-order chi connectivity index (χ0) is 21.3. The van der Waals surface area contributed by atoms with E-state index < -0.39 is 5.91 Å². The lowest BCUT2D eigenvalue weighted by atomic mass is 9.87. The van der Waals surface area contributed by atoms with Crippen molar-refractivity contribution in [2.45, 2.75) is 26.2 Å². The Bertz CT molecular complexity index is 1120. The summed E-state index contributed by atoms with van der Waals surface area (Å²) in [5, 5.41) is 3.36. The number of benzene rings is 2. The van der Waals surface area contributed by atoms with Gasteiger partial charge in [0.2, 0.25) is 0 Å². The number of amides is 2. The van der Waals surface area contributed by atoms with Crippen LogP contribution in [-0.4, -0.2) is 17.6 Å². The number of thiophene rings is 1. The quantitative estimate of drug-likeness (QED) is 0.600. The van der Waals surface area contributed by atoms with E-state index in [0.29, 0.717) is 33.2 Å². The number of aryl methyl sites for hydroxylation is 1. The van der Waals surface area contributed by atoms with Crippen LogP contribution in [0.25, 0.3) is 0 Å². The Morgan fingerprint density at radius 2 is 1.60 bits per heavy atom. The maximum atomic E-state index is 12.8. The zero-order valence-electron chi connectivity index (χ0n) is 16.6. The molecule has 152 valence electrons. The van der Waals surface area contributed by atoms with Gasteiger partial charge in [-0.2, -0.15) is 0 Å². The number of fused-ring (bicyclic) bond motifs is 1. The number of nitrogens with two attached hydrogens (primary N) is 1. The molecule has 0 aliphatic heterocycles. The monoisotopic (exact) mass is 418 g/mol. The lowest BCUT2D eigenvalue weighted by Crippen LogP contribution is -2.20. The molecule has 1 aliphatic carbocycles. The van der Waals surface area contributed by atoms with E-state index in [0.717, 1.165) is 29.7 Å². The van der Waals surface area contributed by atoms with Gasteiger partial charge in [-0.3, -0.25) is 14.4 Å². The van der Waals surface area contributed by atoms with Crippen molar-refractivity contribution in [3.8, 4) is 0 Å². The van der Waals surface area contributed by atoms with Crippen LogP contribution in [0.4, 0.5) is 5.00 Å². The Kier molecular flexibility index (Phi) is 5.50. The van der Waals surface area contributed by atoms with Crippen molar-refractivity contribution in [3.05, 3.63) is 87.3 Å². The molecule has 30 heavy (non-hydrogen) atoms. The molecule has 2 amide bonds. The minimum absolute atomic E-state index is 0.0985. The topological polar surface area (TPSA) is 89.3 Å². The first-order valence-electron chi connectivity index (χ1n) is 9.89. The van der Waals surface area contributed by atoms with E-state index >= 15 is 0 Å². The van der Waals surface area contributed by atoms with E-state index in [2.05, 4.69) is 12.2 Å². The largest absolute Gasteiger partial charge is 0.365 e. The molecule has 0 radical (unpaired) electrons. The fraction of sp³-hybridized carbons (Fsp3) is 0.208. The summed E-state index contributed by atoms with van der Waals surface area (Å²) in [5.74, 6) is -0.453. The summed E-state index contributed by atoms with van der Waals surface area (Å²) in [4.78, 5) is 38.5. The first-order valence-corrected chi connectivity index (χ1v) is 10.7. The maximum absolute atomic E-state index is 12.8. The lowest BCUT2D eigenvalue weighted by molar-refractivity contribution is 0.0998. The second kappa shape index (κ2) is 8.24. The number of anilines is 1. The van der Waals surface area contributed by atoms with Gasteiger partial charge in [0.25, 0.3) is 11.8 Å². The Balaban J connectivity index is 1.55. The average Bonchev–Trinajstić information content (AvgIpc) is 3.11. The molecule has 1 heterocycles. The number of carbonyl (C=O) groups excluding carboxylic acids is 3. The molecule has 1 aromatic heterocycles. The Labute approximate surface area is 178 Å². The molecule has 0 spiro atoms. The first-order chi connectivity index (χ1) is 14.4. The van der Waals surface area contributed by atoms with Crippen molar-refractivity contribution >= 4 is 33.9 Å². The predicted octanol–water partition coefficient (Wildman–Crippen LogP) is 4.46. The molecule has 2 aromatic carbocycles. The molecule has 5 nitrogen and oxygen atoms in total. The number of hydrogen-bond acceptors (Lipinski definition) is 4. The standard InChI is InChI=1S/C24H22N2O3S/c1-14-7-12-19-18(13-14)20(22(25)28)24(30-19)26-23(29)17-10-8-16(9-11-17)21(27)15-5-3-2-4-6-15/h2-6,8-11,14H,7,12-13H2,1H3,(H2,25,28)(H,26,29)/t14-/m1/s1.